The Bertz CT molecular complexity index is 1430. The summed E-state index contributed by atoms with van der Waals surface area (Å²) in [4.78, 5) is 23.6. The number of carbonyl (C=O) groups is 1. The van der Waals surface area contributed by atoms with Crippen molar-refractivity contribution in [1.82, 2.24) is 24.6 Å². The van der Waals surface area contributed by atoms with Crippen molar-refractivity contribution in [2.75, 3.05) is 12.8 Å². The quantitative estimate of drug-likeness (QED) is 0.484. The van der Waals surface area contributed by atoms with Crippen molar-refractivity contribution in [3.8, 4) is 0 Å². The largest absolute Gasteiger partial charge is 0.416 e. The first-order valence-corrected chi connectivity index (χ1v) is 10.4. The van der Waals surface area contributed by atoms with Crippen LogP contribution in [0.4, 0.5) is 19.0 Å². The molecule has 0 spiro atoms. The summed E-state index contributed by atoms with van der Waals surface area (Å²) in [6.45, 7) is 1.88. The van der Waals surface area contributed by atoms with Gasteiger partial charge in [0.1, 0.15) is 11.5 Å². The Morgan fingerprint density at radius 2 is 1.94 bits per heavy atom. The molecule has 1 aromatic carbocycles. The minimum absolute atomic E-state index is 0.103. The summed E-state index contributed by atoms with van der Waals surface area (Å²) < 4.78 is 41.2. The number of carbonyl (C=O) groups excluding carboxylic acids is 1. The number of anilines is 1. The lowest BCUT2D eigenvalue weighted by Gasteiger charge is -2.25. The summed E-state index contributed by atoms with van der Waals surface area (Å²) in [5.41, 5.74) is 8.21. The average Bonchev–Trinajstić information content (AvgIpc) is 3.33. The number of hydrogen-bond donors (Lipinski definition) is 1. The van der Waals surface area contributed by atoms with E-state index in [4.69, 9.17) is 5.73 Å². The topological polar surface area (TPSA) is 89.9 Å². The Hall–Kier alpha value is -3.69. The van der Waals surface area contributed by atoms with Crippen LogP contribution in [0, 0.1) is 0 Å². The van der Waals surface area contributed by atoms with Crippen LogP contribution in [0.5, 0.6) is 0 Å². The molecule has 1 aliphatic rings. The van der Waals surface area contributed by atoms with Crippen molar-refractivity contribution in [2.45, 2.75) is 31.5 Å². The summed E-state index contributed by atoms with van der Waals surface area (Å²) in [5, 5.41) is 5.62. The third kappa shape index (κ3) is 3.28. The molecule has 0 saturated carbocycles. The van der Waals surface area contributed by atoms with Gasteiger partial charge in [0.05, 0.1) is 40.4 Å². The Kier molecular flexibility index (Phi) is 4.59. The fourth-order valence-corrected chi connectivity index (χ4v) is 4.74. The number of rotatable bonds is 2. The highest BCUT2D eigenvalue weighted by Crippen LogP contribution is 2.45. The summed E-state index contributed by atoms with van der Waals surface area (Å²) >= 11 is 0. The molecule has 0 saturated heterocycles. The lowest BCUT2D eigenvalue weighted by molar-refractivity contribution is -0.137. The fraction of sp³-hybridized carbons (Fsp3) is 0.304. The highest BCUT2D eigenvalue weighted by molar-refractivity contribution is 6.09. The van der Waals surface area contributed by atoms with Crippen LogP contribution in [0.15, 0.2) is 36.7 Å². The van der Waals surface area contributed by atoms with Gasteiger partial charge in [-0.1, -0.05) is 13.0 Å². The van der Waals surface area contributed by atoms with E-state index < -0.39 is 11.7 Å². The SMILES string of the molecule is CC1CC(N(C)C(=O)c2cc3c(cn2)nc(N)c2cnn(C)c23)c2ccc(C(F)(F)F)cc21. The molecule has 1 amide bonds. The van der Waals surface area contributed by atoms with Gasteiger partial charge in [-0.3, -0.25) is 9.48 Å². The molecule has 7 nitrogen and oxygen atoms in total. The lowest BCUT2D eigenvalue weighted by Crippen LogP contribution is -2.30. The number of nitrogens with two attached hydrogens (primary N) is 1. The van der Waals surface area contributed by atoms with E-state index in [-0.39, 0.29) is 23.6 Å². The van der Waals surface area contributed by atoms with Crippen LogP contribution in [0.1, 0.15) is 52.5 Å². The maximum atomic E-state index is 13.4. The van der Waals surface area contributed by atoms with Crippen molar-refractivity contribution in [1.29, 1.82) is 0 Å². The van der Waals surface area contributed by atoms with E-state index in [1.807, 2.05) is 6.92 Å². The molecule has 5 rings (SSSR count). The summed E-state index contributed by atoms with van der Waals surface area (Å²) in [5.74, 6) is -0.0966. The van der Waals surface area contributed by atoms with Gasteiger partial charge in [0.2, 0.25) is 0 Å². The Labute approximate surface area is 187 Å². The highest BCUT2D eigenvalue weighted by atomic mass is 19.4. The normalized spacial score (nSPS) is 18.1. The monoisotopic (exact) mass is 454 g/mol. The molecule has 2 N–H and O–H groups in total. The number of halogens is 3. The number of aromatic nitrogens is 4. The third-order valence-electron chi connectivity index (χ3n) is 6.48. The maximum absolute atomic E-state index is 13.4. The second-order valence-electron chi connectivity index (χ2n) is 8.52. The van der Waals surface area contributed by atoms with E-state index in [0.29, 0.717) is 34.1 Å². The Morgan fingerprint density at radius 3 is 2.67 bits per heavy atom. The van der Waals surface area contributed by atoms with Crippen molar-refractivity contribution >= 4 is 33.5 Å². The van der Waals surface area contributed by atoms with Gasteiger partial charge in [-0.2, -0.15) is 18.3 Å². The van der Waals surface area contributed by atoms with Crippen LogP contribution in [-0.2, 0) is 13.2 Å². The third-order valence-corrected chi connectivity index (χ3v) is 6.48. The molecule has 10 heteroatoms. The molecule has 170 valence electrons. The number of nitrogen functional groups attached to an aromatic ring is 1. The van der Waals surface area contributed by atoms with Gasteiger partial charge in [0.25, 0.3) is 5.91 Å². The molecule has 0 aliphatic heterocycles. The number of alkyl halides is 3. The van der Waals surface area contributed by atoms with Crippen LogP contribution in [-0.4, -0.2) is 37.6 Å². The Balaban J connectivity index is 1.53. The number of aryl methyl sites for hydroxylation is 1. The van der Waals surface area contributed by atoms with Crippen molar-refractivity contribution in [2.24, 2.45) is 7.05 Å². The molecule has 3 heterocycles. The number of benzene rings is 1. The van der Waals surface area contributed by atoms with Crippen LogP contribution in [0.2, 0.25) is 0 Å². The van der Waals surface area contributed by atoms with Crippen LogP contribution in [0.3, 0.4) is 0 Å². The lowest BCUT2D eigenvalue weighted by atomic mass is 10.0. The minimum atomic E-state index is -4.40. The van der Waals surface area contributed by atoms with Crippen molar-refractivity contribution in [3.63, 3.8) is 0 Å². The number of amides is 1. The van der Waals surface area contributed by atoms with E-state index in [0.717, 1.165) is 17.1 Å². The second-order valence-corrected chi connectivity index (χ2v) is 8.52. The first kappa shape index (κ1) is 21.2. The zero-order chi connectivity index (χ0) is 23.7. The molecule has 2 unspecified atom stereocenters. The molecular formula is C23H21F3N6O. The molecule has 0 radical (unpaired) electrons. The van der Waals surface area contributed by atoms with Gasteiger partial charge >= 0.3 is 6.18 Å². The van der Waals surface area contributed by atoms with Gasteiger partial charge in [-0.05, 0) is 41.7 Å². The van der Waals surface area contributed by atoms with Crippen LogP contribution < -0.4 is 5.73 Å². The molecule has 3 aromatic heterocycles. The molecule has 2 atom stereocenters. The smallest absolute Gasteiger partial charge is 0.383 e. The molecule has 0 bridgehead atoms. The predicted octanol–water partition coefficient (Wildman–Crippen LogP) is 4.44. The fourth-order valence-electron chi connectivity index (χ4n) is 4.74. The minimum Gasteiger partial charge on any atom is -0.383 e. The van der Waals surface area contributed by atoms with E-state index in [9.17, 15) is 18.0 Å². The van der Waals surface area contributed by atoms with E-state index in [2.05, 4.69) is 15.1 Å². The van der Waals surface area contributed by atoms with Gasteiger partial charge in [0.15, 0.2) is 0 Å². The summed E-state index contributed by atoms with van der Waals surface area (Å²) in [6, 6.07) is 5.07. The maximum Gasteiger partial charge on any atom is 0.416 e. The van der Waals surface area contributed by atoms with E-state index >= 15 is 0 Å². The van der Waals surface area contributed by atoms with Crippen molar-refractivity contribution in [3.05, 3.63) is 59.0 Å². The van der Waals surface area contributed by atoms with Gasteiger partial charge in [0, 0.05) is 19.5 Å². The highest BCUT2D eigenvalue weighted by Gasteiger charge is 2.37. The summed E-state index contributed by atoms with van der Waals surface area (Å²) in [7, 11) is 3.43. The van der Waals surface area contributed by atoms with Crippen molar-refractivity contribution < 1.29 is 18.0 Å². The molecular weight excluding hydrogens is 433 g/mol. The molecule has 0 fully saturated rings. The van der Waals surface area contributed by atoms with Crippen LogP contribution >= 0.6 is 0 Å². The number of pyridine rings is 2. The molecule has 1 aliphatic carbocycles. The zero-order valence-electron chi connectivity index (χ0n) is 18.2. The predicted molar refractivity (Wildman–Crippen MR) is 118 cm³/mol. The Morgan fingerprint density at radius 1 is 1.18 bits per heavy atom. The summed E-state index contributed by atoms with van der Waals surface area (Å²) in [6.07, 6.45) is -0.744. The molecule has 4 aromatic rings. The van der Waals surface area contributed by atoms with Crippen LogP contribution in [0.25, 0.3) is 21.8 Å². The van der Waals surface area contributed by atoms with Gasteiger partial charge in [-0.15, -0.1) is 0 Å². The van der Waals surface area contributed by atoms with Gasteiger partial charge in [-0.25, -0.2) is 9.97 Å². The first-order chi connectivity index (χ1) is 15.6. The van der Waals surface area contributed by atoms with Gasteiger partial charge < -0.3 is 10.6 Å². The first-order valence-electron chi connectivity index (χ1n) is 10.4. The standard InChI is InChI=1S/C23H21F3N6O/c1-11-6-19(13-5-4-12(7-14(11)13)23(24,25)26)31(2)22(33)17-8-15-18(10-28-17)30-21(27)16-9-29-32(3)20(15)16/h4-5,7-11,19H,6H2,1-3H3,(H2,27,30). The number of nitrogens with zero attached hydrogens (tertiary/aromatic N) is 5. The number of hydrogen-bond acceptors (Lipinski definition) is 5. The zero-order valence-corrected chi connectivity index (χ0v) is 18.2. The molecule has 33 heavy (non-hydrogen) atoms. The second kappa shape index (κ2) is 7.16. The average molecular weight is 454 g/mol. The van der Waals surface area contributed by atoms with E-state index in [1.165, 1.54) is 18.3 Å². The number of fused-ring (bicyclic) bond motifs is 4. The van der Waals surface area contributed by atoms with E-state index in [1.54, 1.807) is 35.9 Å².